The van der Waals surface area contributed by atoms with Gasteiger partial charge < -0.3 is 10.2 Å². The zero-order valence-corrected chi connectivity index (χ0v) is 14.6. The highest BCUT2D eigenvalue weighted by atomic mass is 19.4. The second-order valence-electron chi connectivity index (χ2n) is 6.56. The number of aromatic amines is 1. The monoisotopic (exact) mass is 384 g/mol. The van der Waals surface area contributed by atoms with E-state index in [1.807, 2.05) is 0 Å². The van der Waals surface area contributed by atoms with Crippen molar-refractivity contribution in [2.75, 3.05) is 25.0 Å². The van der Waals surface area contributed by atoms with E-state index in [4.69, 9.17) is 0 Å². The molecule has 146 valence electrons. The molecule has 0 bridgehead atoms. The van der Waals surface area contributed by atoms with Crippen molar-refractivity contribution < 1.29 is 22.4 Å². The van der Waals surface area contributed by atoms with Crippen LogP contribution < -0.4 is 5.32 Å². The Morgan fingerprint density at radius 2 is 1.96 bits per heavy atom. The summed E-state index contributed by atoms with van der Waals surface area (Å²) in [4.78, 5) is 14.3. The summed E-state index contributed by atoms with van der Waals surface area (Å²) in [6.07, 6.45) is -1.14. The minimum atomic E-state index is -4.61. The topological polar surface area (TPSA) is 61.0 Å². The zero-order chi connectivity index (χ0) is 19.4. The van der Waals surface area contributed by atoms with Crippen LogP contribution in [0.3, 0.4) is 0 Å². The molecule has 3 rings (SSSR count). The molecule has 1 saturated heterocycles. The first-order valence-electron chi connectivity index (χ1n) is 8.77. The largest absolute Gasteiger partial charge is 0.416 e. The van der Waals surface area contributed by atoms with Gasteiger partial charge in [-0.3, -0.25) is 9.89 Å². The number of nitrogens with zero attached hydrogens (tertiary/aromatic N) is 2. The molecular formula is C18H20F4N4O. The lowest BCUT2D eigenvalue weighted by atomic mass is 10.1. The number of likely N-dealkylation sites (tertiary alicyclic amines) is 1. The summed E-state index contributed by atoms with van der Waals surface area (Å²) in [5.74, 6) is -1.02. The third kappa shape index (κ3) is 5.06. The first-order chi connectivity index (χ1) is 12.8. The van der Waals surface area contributed by atoms with Gasteiger partial charge in [-0.25, -0.2) is 4.39 Å². The Hall–Kier alpha value is -2.42. The first kappa shape index (κ1) is 19.3. The van der Waals surface area contributed by atoms with Crippen molar-refractivity contribution in [3.8, 4) is 11.3 Å². The number of hydrogen-bond donors (Lipinski definition) is 2. The predicted octanol–water partition coefficient (Wildman–Crippen LogP) is 4.05. The summed E-state index contributed by atoms with van der Waals surface area (Å²) < 4.78 is 51.9. The second-order valence-corrected chi connectivity index (χ2v) is 6.56. The van der Waals surface area contributed by atoms with Crippen LogP contribution in [0.15, 0.2) is 24.3 Å². The van der Waals surface area contributed by atoms with Crippen molar-refractivity contribution in [1.82, 2.24) is 15.1 Å². The molecule has 9 heteroatoms. The SMILES string of the molecule is O=C(CCCN1CCCC1)Nc1cc(-c2ccc(C(F)(F)F)cc2F)[nH]n1. The molecule has 1 fully saturated rings. The summed E-state index contributed by atoms with van der Waals surface area (Å²) >= 11 is 0. The number of H-pyrrole nitrogens is 1. The van der Waals surface area contributed by atoms with E-state index in [2.05, 4.69) is 20.4 Å². The lowest BCUT2D eigenvalue weighted by Gasteiger charge is -2.13. The third-order valence-corrected chi connectivity index (χ3v) is 4.51. The second kappa shape index (κ2) is 8.08. The number of nitrogens with one attached hydrogen (secondary N) is 2. The van der Waals surface area contributed by atoms with Gasteiger partial charge in [0, 0.05) is 18.1 Å². The van der Waals surface area contributed by atoms with E-state index < -0.39 is 17.6 Å². The maximum atomic E-state index is 14.0. The van der Waals surface area contributed by atoms with Gasteiger partial charge in [0.15, 0.2) is 5.82 Å². The van der Waals surface area contributed by atoms with Gasteiger partial charge in [-0.1, -0.05) is 0 Å². The molecule has 0 atom stereocenters. The molecule has 1 aliphatic rings. The van der Waals surface area contributed by atoms with Crippen LogP contribution in [-0.4, -0.2) is 40.6 Å². The molecule has 5 nitrogen and oxygen atoms in total. The Morgan fingerprint density at radius 1 is 1.22 bits per heavy atom. The normalized spacial score (nSPS) is 15.3. The Bertz CT molecular complexity index is 797. The minimum Gasteiger partial charge on any atom is -0.309 e. The minimum absolute atomic E-state index is 0.0509. The molecule has 1 amide bonds. The molecular weight excluding hydrogens is 364 g/mol. The number of rotatable bonds is 6. The number of amides is 1. The summed E-state index contributed by atoms with van der Waals surface area (Å²) in [5.41, 5.74) is -0.923. The number of carbonyl (C=O) groups excluding carboxylic acids is 1. The van der Waals surface area contributed by atoms with E-state index in [-0.39, 0.29) is 23.0 Å². The van der Waals surface area contributed by atoms with Gasteiger partial charge in [-0.2, -0.15) is 18.3 Å². The average Bonchev–Trinajstić information content (AvgIpc) is 3.26. The van der Waals surface area contributed by atoms with E-state index in [1.54, 1.807) is 0 Å². The van der Waals surface area contributed by atoms with Gasteiger partial charge in [-0.15, -0.1) is 0 Å². The van der Waals surface area contributed by atoms with Gasteiger partial charge in [0.25, 0.3) is 0 Å². The van der Waals surface area contributed by atoms with Crippen molar-refractivity contribution >= 4 is 11.7 Å². The molecule has 1 aliphatic heterocycles. The maximum absolute atomic E-state index is 14.0. The maximum Gasteiger partial charge on any atom is 0.416 e. The molecule has 2 N–H and O–H groups in total. The number of anilines is 1. The van der Waals surface area contributed by atoms with Crippen LogP contribution in [0.4, 0.5) is 23.4 Å². The number of aromatic nitrogens is 2. The Morgan fingerprint density at radius 3 is 2.63 bits per heavy atom. The summed E-state index contributed by atoms with van der Waals surface area (Å²) in [5, 5.41) is 9.02. The van der Waals surface area contributed by atoms with Crippen molar-refractivity contribution in [3.63, 3.8) is 0 Å². The lowest BCUT2D eigenvalue weighted by molar-refractivity contribution is -0.137. The van der Waals surface area contributed by atoms with E-state index in [0.717, 1.165) is 38.2 Å². The summed E-state index contributed by atoms with van der Waals surface area (Å²) in [7, 11) is 0. The van der Waals surface area contributed by atoms with Crippen molar-refractivity contribution in [1.29, 1.82) is 0 Å². The smallest absolute Gasteiger partial charge is 0.309 e. The van der Waals surface area contributed by atoms with E-state index >= 15 is 0 Å². The molecule has 0 radical (unpaired) electrons. The number of benzene rings is 1. The van der Waals surface area contributed by atoms with E-state index in [0.29, 0.717) is 12.5 Å². The Labute approximate surface area is 153 Å². The molecule has 0 aliphatic carbocycles. The standard InChI is InChI=1S/C18H20F4N4O/c19-14-10-12(18(20,21)22)5-6-13(14)15-11-16(25-24-15)23-17(27)4-3-9-26-7-1-2-8-26/h5-6,10-11H,1-4,7-9H2,(H2,23,24,25,27). The van der Waals surface area contributed by atoms with Crippen LogP contribution in [0.25, 0.3) is 11.3 Å². The predicted molar refractivity (Wildman–Crippen MR) is 92.5 cm³/mol. The Balaban J connectivity index is 1.57. The van der Waals surface area contributed by atoms with Crippen molar-refractivity contribution in [2.45, 2.75) is 31.9 Å². The average molecular weight is 384 g/mol. The first-order valence-corrected chi connectivity index (χ1v) is 8.77. The molecule has 1 aromatic heterocycles. The van der Waals surface area contributed by atoms with Gasteiger partial charge >= 0.3 is 6.18 Å². The quantitative estimate of drug-likeness (QED) is 0.739. The van der Waals surface area contributed by atoms with Crippen LogP contribution in [-0.2, 0) is 11.0 Å². The van der Waals surface area contributed by atoms with Crippen LogP contribution >= 0.6 is 0 Å². The number of carbonyl (C=O) groups is 1. The Kier molecular flexibility index (Phi) is 5.79. The summed E-state index contributed by atoms with van der Waals surface area (Å²) in [6, 6.07) is 3.67. The number of halogens is 4. The molecule has 0 saturated carbocycles. The highest BCUT2D eigenvalue weighted by molar-refractivity contribution is 5.90. The van der Waals surface area contributed by atoms with Crippen LogP contribution in [0.1, 0.15) is 31.2 Å². The molecule has 1 aromatic carbocycles. The fourth-order valence-corrected chi connectivity index (χ4v) is 3.11. The van der Waals surface area contributed by atoms with Crippen molar-refractivity contribution in [3.05, 3.63) is 35.6 Å². The van der Waals surface area contributed by atoms with Crippen molar-refractivity contribution in [2.24, 2.45) is 0 Å². The highest BCUT2D eigenvalue weighted by Gasteiger charge is 2.31. The number of hydrogen-bond acceptors (Lipinski definition) is 3. The van der Waals surface area contributed by atoms with Crippen LogP contribution in [0.2, 0.25) is 0 Å². The van der Waals surface area contributed by atoms with Gasteiger partial charge in [-0.05, 0) is 57.1 Å². The highest BCUT2D eigenvalue weighted by Crippen LogP contribution is 2.32. The zero-order valence-electron chi connectivity index (χ0n) is 14.6. The number of alkyl halides is 3. The fraction of sp³-hybridized carbons (Fsp3) is 0.444. The fourth-order valence-electron chi connectivity index (χ4n) is 3.11. The van der Waals surface area contributed by atoms with Gasteiger partial charge in [0.05, 0.1) is 11.3 Å². The molecule has 2 aromatic rings. The van der Waals surface area contributed by atoms with Gasteiger partial charge in [0.1, 0.15) is 5.82 Å². The molecule has 0 unspecified atom stereocenters. The lowest BCUT2D eigenvalue weighted by Crippen LogP contribution is -2.22. The third-order valence-electron chi connectivity index (χ3n) is 4.51. The molecule has 2 heterocycles. The van der Waals surface area contributed by atoms with E-state index in [9.17, 15) is 22.4 Å². The van der Waals surface area contributed by atoms with Crippen LogP contribution in [0, 0.1) is 5.82 Å². The van der Waals surface area contributed by atoms with Crippen LogP contribution in [0.5, 0.6) is 0 Å². The molecule has 0 spiro atoms. The molecule has 27 heavy (non-hydrogen) atoms. The summed E-state index contributed by atoms with van der Waals surface area (Å²) in [6.45, 7) is 3.02. The van der Waals surface area contributed by atoms with Gasteiger partial charge in [0.2, 0.25) is 5.91 Å². The van der Waals surface area contributed by atoms with E-state index in [1.165, 1.54) is 18.9 Å².